The predicted molar refractivity (Wildman–Crippen MR) is 122 cm³/mol. The van der Waals surface area contributed by atoms with E-state index in [9.17, 15) is 8.78 Å². The van der Waals surface area contributed by atoms with Gasteiger partial charge in [0.05, 0.1) is 6.54 Å². The average molecular weight is 452 g/mol. The van der Waals surface area contributed by atoms with Gasteiger partial charge in [0.25, 0.3) is 0 Å². The Bertz CT molecular complexity index is 1170. The molecule has 0 saturated carbocycles. The molecule has 172 valence electrons. The normalized spacial score (nSPS) is 11.8. The van der Waals surface area contributed by atoms with E-state index in [1.165, 1.54) is 0 Å². The van der Waals surface area contributed by atoms with Crippen LogP contribution in [0.2, 0.25) is 0 Å². The number of hydrogen-bond donors (Lipinski definition) is 1. The number of aromatic nitrogens is 7. The van der Waals surface area contributed by atoms with E-state index >= 15 is 0 Å². The summed E-state index contributed by atoms with van der Waals surface area (Å²) in [5.41, 5.74) is 3.82. The van der Waals surface area contributed by atoms with Crippen LogP contribution in [0.5, 0.6) is 0 Å². The molecule has 7 nitrogen and oxygen atoms in total. The number of nitrogens with zero attached hydrogens (tertiary/aromatic N) is 6. The zero-order chi connectivity index (χ0) is 23.3. The molecule has 4 rings (SSSR count). The molecule has 2 aromatic carbocycles. The van der Waals surface area contributed by atoms with Crippen LogP contribution in [0.1, 0.15) is 56.7 Å². The molecule has 2 aromatic heterocycles. The first kappa shape index (κ1) is 22.7. The first-order valence-electron chi connectivity index (χ1n) is 11.3. The zero-order valence-corrected chi connectivity index (χ0v) is 18.8. The Labute approximate surface area is 191 Å². The van der Waals surface area contributed by atoms with Gasteiger partial charge < -0.3 is 0 Å². The van der Waals surface area contributed by atoms with E-state index < -0.39 is 5.92 Å². The fourth-order valence-electron chi connectivity index (χ4n) is 3.77. The average Bonchev–Trinajstić information content (AvgIpc) is 3.49. The highest BCUT2D eigenvalue weighted by atomic mass is 19.3. The van der Waals surface area contributed by atoms with Gasteiger partial charge in [-0.2, -0.15) is 14.0 Å². The number of tetrazole rings is 1. The van der Waals surface area contributed by atoms with E-state index in [-0.39, 0.29) is 12.2 Å². The molecule has 0 aliphatic rings. The molecule has 0 aliphatic heterocycles. The van der Waals surface area contributed by atoms with E-state index in [0.717, 1.165) is 35.1 Å². The van der Waals surface area contributed by atoms with Crippen LogP contribution in [0.4, 0.5) is 8.78 Å². The Kier molecular flexibility index (Phi) is 6.86. The van der Waals surface area contributed by atoms with Crippen molar-refractivity contribution >= 4 is 0 Å². The monoisotopic (exact) mass is 451 g/mol. The number of rotatable bonds is 10. The summed E-state index contributed by atoms with van der Waals surface area (Å²) in [5.74, 6) is -2.25. The van der Waals surface area contributed by atoms with Gasteiger partial charge in [-0.1, -0.05) is 68.8 Å². The topological polar surface area (TPSA) is 85.2 Å². The van der Waals surface area contributed by atoms with Crippen molar-refractivity contribution in [2.45, 2.75) is 58.4 Å². The van der Waals surface area contributed by atoms with E-state index in [4.69, 9.17) is 0 Å². The second-order valence-corrected chi connectivity index (χ2v) is 8.05. The van der Waals surface area contributed by atoms with Crippen LogP contribution in [0.25, 0.3) is 22.5 Å². The van der Waals surface area contributed by atoms with Gasteiger partial charge in [-0.15, -0.1) is 15.3 Å². The molecule has 33 heavy (non-hydrogen) atoms. The summed E-state index contributed by atoms with van der Waals surface area (Å²) in [4.78, 5) is 4.22. The summed E-state index contributed by atoms with van der Waals surface area (Å²) >= 11 is 0. The highest BCUT2D eigenvalue weighted by Gasteiger charge is 2.36. The number of hydrogen-bond acceptors (Lipinski definition) is 5. The van der Waals surface area contributed by atoms with Crippen molar-refractivity contribution in [3.8, 4) is 22.5 Å². The third-order valence-corrected chi connectivity index (χ3v) is 5.50. The third-order valence-electron chi connectivity index (χ3n) is 5.50. The fraction of sp³-hybridized carbons (Fsp3) is 0.375. The largest absolute Gasteiger partial charge is 0.308 e. The van der Waals surface area contributed by atoms with Crippen molar-refractivity contribution < 1.29 is 8.78 Å². The summed E-state index contributed by atoms with van der Waals surface area (Å²) in [6.07, 6.45) is 2.59. The number of nitrogens with one attached hydrogen (secondary N) is 1. The van der Waals surface area contributed by atoms with Gasteiger partial charge in [0.2, 0.25) is 11.6 Å². The van der Waals surface area contributed by atoms with Crippen molar-refractivity contribution in [2.75, 3.05) is 0 Å². The molecule has 0 atom stereocenters. The second-order valence-electron chi connectivity index (χ2n) is 8.05. The summed E-state index contributed by atoms with van der Waals surface area (Å²) in [6.45, 7) is 4.20. The lowest BCUT2D eigenvalue weighted by Gasteiger charge is -2.10. The highest BCUT2D eigenvalue weighted by Crippen LogP contribution is 2.32. The first-order chi connectivity index (χ1) is 16.0. The molecule has 0 bridgehead atoms. The van der Waals surface area contributed by atoms with Crippen molar-refractivity contribution in [3.63, 3.8) is 0 Å². The highest BCUT2D eigenvalue weighted by molar-refractivity contribution is 5.80. The number of unbranched alkanes of at least 4 members (excludes halogenated alkanes) is 1. The SMILES string of the molecule is CCCCc1nc(C(F)(F)CCC)nn1Cc1ccc(-c2ccccc2-c2nn[nH]n2)cc1. The smallest absolute Gasteiger partial charge is 0.245 e. The number of aryl methyl sites for hydroxylation is 1. The molecular weight excluding hydrogens is 424 g/mol. The molecule has 0 aliphatic carbocycles. The maximum absolute atomic E-state index is 14.5. The molecule has 0 saturated heterocycles. The van der Waals surface area contributed by atoms with Gasteiger partial charge in [0.1, 0.15) is 5.82 Å². The maximum Gasteiger partial charge on any atom is 0.308 e. The van der Waals surface area contributed by atoms with Gasteiger partial charge in [-0.3, -0.25) is 0 Å². The Hall–Kier alpha value is -3.49. The molecule has 0 fully saturated rings. The standard InChI is InChI=1S/C24H27F2N7/c1-3-5-10-21-27-23(24(25,26)15-4-2)30-33(21)16-17-11-13-18(14-12-17)19-8-6-7-9-20(19)22-28-31-32-29-22/h6-9,11-14H,3-5,10,15-16H2,1-2H3,(H,28,29,31,32). The zero-order valence-electron chi connectivity index (χ0n) is 18.8. The molecule has 0 spiro atoms. The van der Waals surface area contributed by atoms with Gasteiger partial charge >= 0.3 is 5.92 Å². The summed E-state index contributed by atoms with van der Waals surface area (Å²) in [7, 11) is 0. The Morgan fingerprint density at radius 2 is 1.73 bits per heavy atom. The summed E-state index contributed by atoms with van der Waals surface area (Å²) in [5, 5.41) is 18.5. The van der Waals surface area contributed by atoms with Crippen LogP contribution < -0.4 is 0 Å². The van der Waals surface area contributed by atoms with Gasteiger partial charge in [-0.05, 0) is 34.7 Å². The molecule has 0 radical (unpaired) electrons. The van der Waals surface area contributed by atoms with Gasteiger partial charge in [0.15, 0.2) is 0 Å². The molecule has 0 amide bonds. The molecule has 4 aromatic rings. The predicted octanol–water partition coefficient (Wildman–Crippen LogP) is 5.41. The van der Waals surface area contributed by atoms with Crippen LogP contribution in [-0.2, 0) is 18.9 Å². The molecule has 2 heterocycles. The summed E-state index contributed by atoms with van der Waals surface area (Å²) < 4.78 is 30.5. The molecule has 1 N–H and O–H groups in total. The quantitative estimate of drug-likeness (QED) is 0.349. The number of benzene rings is 2. The molecule has 0 unspecified atom stereocenters. The van der Waals surface area contributed by atoms with E-state index in [0.29, 0.717) is 31.0 Å². The minimum absolute atomic E-state index is 0.251. The van der Waals surface area contributed by atoms with E-state index in [2.05, 4.69) is 37.6 Å². The third kappa shape index (κ3) is 5.13. The number of aromatic amines is 1. The van der Waals surface area contributed by atoms with Crippen molar-refractivity contribution in [3.05, 3.63) is 65.7 Å². The van der Waals surface area contributed by atoms with E-state index in [1.807, 2.05) is 48.5 Å². The maximum atomic E-state index is 14.5. The van der Waals surface area contributed by atoms with Crippen LogP contribution in [-0.4, -0.2) is 35.4 Å². The van der Waals surface area contributed by atoms with Crippen molar-refractivity contribution in [1.29, 1.82) is 0 Å². The lowest BCUT2D eigenvalue weighted by Crippen LogP contribution is -2.15. The first-order valence-corrected chi connectivity index (χ1v) is 11.3. The van der Waals surface area contributed by atoms with Crippen LogP contribution in [0.15, 0.2) is 48.5 Å². The van der Waals surface area contributed by atoms with Crippen molar-refractivity contribution in [2.24, 2.45) is 0 Å². The number of halogens is 2. The fourth-order valence-corrected chi connectivity index (χ4v) is 3.77. The molecule has 9 heteroatoms. The van der Waals surface area contributed by atoms with E-state index in [1.54, 1.807) is 11.6 Å². The summed E-state index contributed by atoms with van der Waals surface area (Å²) in [6, 6.07) is 15.8. The van der Waals surface area contributed by atoms with Crippen LogP contribution in [0.3, 0.4) is 0 Å². The Morgan fingerprint density at radius 3 is 2.39 bits per heavy atom. The second kappa shape index (κ2) is 9.97. The minimum atomic E-state index is -3.01. The Balaban J connectivity index is 1.59. The lowest BCUT2D eigenvalue weighted by molar-refractivity contribution is -0.0232. The van der Waals surface area contributed by atoms with Gasteiger partial charge in [0, 0.05) is 18.4 Å². The van der Waals surface area contributed by atoms with Crippen LogP contribution in [0, 0.1) is 0 Å². The number of alkyl halides is 2. The van der Waals surface area contributed by atoms with Crippen molar-refractivity contribution in [1.82, 2.24) is 35.4 Å². The number of H-pyrrole nitrogens is 1. The van der Waals surface area contributed by atoms with Gasteiger partial charge in [-0.25, -0.2) is 9.67 Å². The lowest BCUT2D eigenvalue weighted by atomic mass is 9.98. The Morgan fingerprint density at radius 1 is 0.970 bits per heavy atom. The van der Waals surface area contributed by atoms with Crippen LogP contribution >= 0.6 is 0 Å². The molecular formula is C24H27F2N7. The minimum Gasteiger partial charge on any atom is -0.245 e.